The molecule has 1 aromatic rings. The number of anilines is 1. The average Bonchev–Trinajstić information content (AvgIpc) is 2.44. The second-order valence-corrected chi connectivity index (χ2v) is 5.79. The number of carbonyl (C=O) groups is 1. The van der Waals surface area contributed by atoms with E-state index in [4.69, 9.17) is 16.3 Å². The Bertz CT molecular complexity index is 479. The summed E-state index contributed by atoms with van der Waals surface area (Å²) in [5.74, 6) is 0.0146. The van der Waals surface area contributed by atoms with Gasteiger partial charge in [-0.1, -0.05) is 17.7 Å². The van der Waals surface area contributed by atoms with Crippen molar-refractivity contribution in [1.82, 2.24) is 5.32 Å². The maximum atomic E-state index is 12.6. The van der Waals surface area contributed by atoms with Gasteiger partial charge in [-0.2, -0.15) is 0 Å². The predicted octanol–water partition coefficient (Wildman–Crippen LogP) is 2.60. The van der Waals surface area contributed by atoms with Gasteiger partial charge in [0.15, 0.2) is 0 Å². The Morgan fingerprint density at radius 2 is 2.15 bits per heavy atom. The van der Waals surface area contributed by atoms with Crippen LogP contribution in [-0.2, 0) is 9.53 Å². The van der Waals surface area contributed by atoms with Gasteiger partial charge in [0.1, 0.15) is 0 Å². The van der Waals surface area contributed by atoms with Crippen molar-refractivity contribution in [2.45, 2.75) is 19.8 Å². The molecule has 1 aliphatic rings. The van der Waals surface area contributed by atoms with Gasteiger partial charge in [-0.05, 0) is 50.6 Å². The maximum Gasteiger partial charge on any atom is 0.233 e. The third-order valence-electron chi connectivity index (χ3n) is 3.89. The Morgan fingerprint density at radius 3 is 2.75 bits per heavy atom. The first kappa shape index (κ1) is 15.3. The van der Waals surface area contributed by atoms with E-state index in [0.29, 0.717) is 11.6 Å². The summed E-state index contributed by atoms with van der Waals surface area (Å²) in [6.45, 7) is 4.06. The van der Waals surface area contributed by atoms with Crippen molar-refractivity contribution < 1.29 is 9.53 Å². The lowest BCUT2D eigenvalue weighted by molar-refractivity contribution is -0.130. The molecular weight excluding hydrogens is 276 g/mol. The number of amides is 1. The van der Waals surface area contributed by atoms with E-state index in [0.717, 1.165) is 37.2 Å². The molecule has 0 unspecified atom stereocenters. The van der Waals surface area contributed by atoms with Crippen LogP contribution in [0.25, 0.3) is 0 Å². The van der Waals surface area contributed by atoms with Gasteiger partial charge in [-0.25, -0.2) is 0 Å². The number of hydrogen-bond acceptors (Lipinski definition) is 3. The topological polar surface area (TPSA) is 50.4 Å². The monoisotopic (exact) mass is 296 g/mol. The minimum atomic E-state index is -0.447. The first-order chi connectivity index (χ1) is 9.57. The lowest BCUT2D eigenvalue weighted by Crippen LogP contribution is -2.47. The van der Waals surface area contributed by atoms with Crippen molar-refractivity contribution in [3.05, 3.63) is 28.8 Å². The summed E-state index contributed by atoms with van der Waals surface area (Å²) >= 11 is 6.09. The highest BCUT2D eigenvalue weighted by Gasteiger charge is 2.39. The molecule has 0 saturated carbocycles. The van der Waals surface area contributed by atoms with Crippen LogP contribution in [0.5, 0.6) is 0 Å². The number of piperidine rings is 1. The summed E-state index contributed by atoms with van der Waals surface area (Å²) in [6, 6.07) is 5.57. The van der Waals surface area contributed by atoms with Gasteiger partial charge < -0.3 is 15.4 Å². The van der Waals surface area contributed by atoms with E-state index >= 15 is 0 Å². The molecule has 2 rings (SSSR count). The average molecular weight is 297 g/mol. The highest BCUT2D eigenvalue weighted by atomic mass is 35.5. The fraction of sp³-hybridized carbons (Fsp3) is 0.533. The number of halogens is 1. The zero-order chi connectivity index (χ0) is 14.6. The van der Waals surface area contributed by atoms with Crippen molar-refractivity contribution in [1.29, 1.82) is 0 Å². The molecule has 110 valence electrons. The predicted molar refractivity (Wildman–Crippen MR) is 81.2 cm³/mol. The number of ether oxygens (including phenoxy) is 1. The van der Waals surface area contributed by atoms with Crippen molar-refractivity contribution in [2.24, 2.45) is 5.41 Å². The van der Waals surface area contributed by atoms with E-state index in [1.54, 1.807) is 13.2 Å². The molecule has 0 aromatic heterocycles. The Balaban J connectivity index is 2.13. The largest absolute Gasteiger partial charge is 0.384 e. The van der Waals surface area contributed by atoms with Crippen LogP contribution >= 0.6 is 11.6 Å². The van der Waals surface area contributed by atoms with Crippen molar-refractivity contribution in [3.63, 3.8) is 0 Å². The second-order valence-electron chi connectivity index (χ2n) is 5.38. The van der Waals surface area contributed by atoms with Gasteiger partial charge in [0.25, 0.3) is 0 Å². The molecule has 1 amide bonds. The van der Waals surface area contributed by atoms with Crippen LogP contribution in [0.1, 0.15) is 18.4 Å². The zero-order valence-corrected chi connectivity index (χ0v) is 12.7. The molecule has 0 bridgehead atoms. The molecule has 2 N–H and O–H groups in total. The quantitative estimate of drug-likeness (QED) is 0.898. The molecule has 1 fully saturated rings. The molecule has 0 atom stereocenters. The van der Waals surface area contributed by atoms with Crippen LogP contribution < -0.4 is 10.6 Å². The zero-order valence-electron chi connectivity index (χ0n) is 12.0. The van der Waals surface area contributed by atoms with Gasteiger partial charge in [0, 0.05) is 17.8 Å². The SMILES string of the molecule is COCC1(C(=O)Nc2ccc(C)c(Cl)c2)CCNCC1. The van der Waals surface area contributed by atoms with E-state index in [9.17, 15) is 4.79 Å². The minimum absolute atomic E-state index is 0.0146. The smallest absolute Gasteiger partial charge is 0.233 e. The second kappa shape index (κ2) is 6.57. The normalized spacial score (nSPS) is 17.8. The standard InChI is InChI=1S/C15H21ClN2O2/c1-11-3-4-12(9-13(11)16)18-14(19)15(10-20-2)5-7-17-8-6-15/h3-4,9,17H,5-8,10H2,1-2H3,(H,18,19). The van der Waals surface area contributed by atoms with E-state index < -0.39 is 5.41 Å². The lowest BCUT2D eigenvalue weighted by atomic mass is 9.78. The fourth-order valence-electron chi connectivity index (χ4n) is 2.55. The maximum absolute atomic E-state index is 12.6. The summed E-state index contributed by atoms with van der Waals surface area (Å²) in [5, 5.41) is 6.91. The lowest BCUT2D eigenvalue weighted by Gasteiger charge is -2.35. The number of hydrogen-bond donors (Lipinski definition) is 2. The van der Waals surface area contributed by atoms with Crippen LogP contribution in [-0.4, -0.2) is 32.7 Å². The van der Waals surface area contributed by atoms with Gasteiger partial charge in [-0.15, -0.1) is 0 Å². The molecule has 1 heterocycles. The molecule has 0 radical (unpaired) electrons. The number of benzene rings is 1. The number of carbonyl (C=O) groups excluding carboxylic acids is 1. The molecule has 1 aliphatic heterocycles. The molecule has 1 aromatic carbocycles. The Kier molecular flexibility index (Phi) is 5.02. The Morgan fingerprint density at radius 1 is 1.45 bits per heavy atom. The van der Waals surface area contributed by atoms with Crippen molar-refractivity contribution >= 4 is 23.2 Å². The summed E-state index contributed by atoms with van der Waals surface area (Å²) in [4.78, 5) is 12.6. The minimum Gasteiger partial charge on any atom is -0.384 e. The van der Waals surface area contributed by atoms with Crippen LogP contribution in [0, 0.1) is 12.3 Å². The highest BCUT2D eigenvalue weighted by molar-refractivity contribution is 6.31. The number of rotatable bonds is 4. The van der Waals surface area contributed by atoms with Crippen LogP contribution in [0.15, 0.2) is 18.2 Å². The summed E-state index contributed by atoms with van der Waals surface area (Å²) in [6.07, 6.45) is 1.57. The van der Waals surface area contributed by atoms with Crippen LogP contribution in [0.3, 0.4) is 0 Å². The molecule has 20 heavy (non-hydrogen) atoms. The van der Waals surface area contributed by atoms with Crippen molar-refractivity contribution in [3.8, 4) is 0 Å². The summed E-state index contributed by atoms with van der Waals surface area (Å²) < 4.78 is 5.27. The van der Waals surface area contributed by atoms with E-state index in [2.05, 4.69) is 10.6 Å². The van der Waals surface area contributed by atoms with E-state index in [-0.39, 0.29) is 5.91 Å². The van der Waals surface area contributed by atoms with E-state index in [1.807, 2.05) is 19.1 Å². The third kappa shape index (κ3) is 3.32. The van der Waals surface area contributed by atoms with Gasteiger partial charge in [0.2, 0.25) is 5.91 Å². The van der Waals surface area contributed by atoms with Gasteiger partial charge >= 0.3 is 0 Å². The summed E-state index contributed by atoms with van der Waals surface area (Å²) in [5.41, 5.74) is 1.29. The molecule has 4 nitrogen and oxygen atoms in total. The van der Waals surface area contributed by atoms with Gasteiger partial charge in [-0.3, -0.25) is 4.79 Å². The highest BCUT2D eigenvalue weighted by Crippen LogP contribution is 2.31. The van der Waals surface area contributed by atoms with E-state index in [1.165, 1.54) is 0 Å². The van der Waals surface area contributed by atoms with Crippen LogP contribution in [0.4, 0.5) is 5.69 Å². The third-order valence-corrected chi connectivity index (χ3v) is 4.30. The number of nitrogens with one attached hydrogen (secondary N) is 2. The molecule has 1 saturated heterocycles. The number of methoxy groups -OCH3 is 1. The van der Waals surface area contributed by atoms with Crippen LogP contribution in [0.2, 0.25) is 5.02 Å². The molecule has 5 heteroatoms. The number of aryl methyl sites for hydroxylation is 1. The molecular formula is C15H21ClN2O2. The van der Waals surface area contributed by atoms with Crippen molar-refractivity contribution in [2.75, 3.05) is 32.1 Å². The fourth-order valence-corrected chi connectivity index (χ4v) is 2.73. The Labute approximate surface area is 124 Å². The summed E-state index contributed by atoms with van der Waals surface area (Å²) in [7, 11) is 1.64. The Hall–Kier alpha value is -1.10. The molecule has 0 aliphatic carbocycles. The molecule has 0 spiro atoms. The van der Waals surface area contributed by atoms with Gasteiger partial charge in [0.05, 0.1) is 12.0 Å². The first-order valence-electron chi connectivity index (χ1n) is 6.85. The first-order valence-corrected chi connectivity index (χ1v) is 7.22.